The molecule has 1 N–H and O–H groups in total. The van der Waals surface area contributed by atoms with Gasteiger partial charge < -0.3 is 10.2 Å². The van der Waals surface area contributed by atoms with Crippen molar-refractivity contribution in [3.8, 4) is 0 Å². The molecule has 0 bridgehead atoms. The van der Waals surface area contributed by atoms with Gasteiger partial charge in [-0.1, -0.05) is 56.3 Å². The van der Waals surface area contributed by atoms with Crippen LogP contribution in [0.3, 0.4) is 0 Å². The SMILES string of the molecule is Cc1ccc(C)c(NC(=O)C(c2ccccc2)N2CCN(C(=O)C(C)C)CC2)c1. The summed E-state index contributed by atoms with van der Waals surface area (Å²) in [4.78, 5) is 29.8. The molecule has 1 atom stereocenters. The van der Waals surface area contributed by atoms with Crippen LogP contribution in [0.1, 0.15) is 36.6 Å². The largest absolute Gasteiger partial charge is 0.340 e. The Balaban J connectivity index is 1.80. The summed E-state index contributed by atoms with van der Waals surface area (Å²) in [6.07, 6.45) is 0. The van der Waals surface area contributed by atoms with E-state index in [4.69, 9.17) is 0 Å². The average molecular weight is 394 g/mol. The molecule has 1 saturated heterocycles. The van der Waals surface area contributed by atoms with Gasteiger partial charge in [0.2, 0.25) is 11.8 Å². The number of carbonyl (C=O) groups is 2. The van der Waals surface area contributed by atoms with E-state index < -0.39 is 0 Å². The minimum atomic E-state index is -0.382. The van der Waals surface area contributed by atoms with Crippen LogP contribution < -0.4 is 5.32 Å². The van der Waals surface area contributed by atoms with Crippen molar-refractivity contribution in [2.75, 3.05) is 31.5 Å². The van der Waals surface area contributed by atoms with Crippen molar-refractivity contribution in [2.45, 2.75) is 33.7 Å². The number of hydrogen-bond donors (Lipinski definition) is 1. The smallest absolute Gasteiger partial charge is 0.246 e. The Morgan fingerprint density at radius 1 is 0.931 bits per heavy atom. The number of rotatable bonds is 5. The third-order valence-corrected chi connectivity index (χ3v) is 5.50. The predicted octanol–water partition coefficient (Wildman–Crippen LogP) is 3.78. The molecule has 1 fully saturated rings. The molecule has 5 heteroatoms. The molecule has 2 aromatic carbocycles. The lowest BCUT2D eigenvalue weighted by Gasteiger charge is -2.39. The number of amides is 2. The summed E-state index contributed by atoms with van der Waals surface area (Å²) < 4.78 is 0. The fourth-order valence-electron chi connectivity index (χ4n) is 3.80. The van der Waals surface area contributed by atoms with E-state index in [0.717, 1.165) is 22.4 Å². The van der Waals surface area contributed by atoms with Crippen LogP contribution in [-0.4, -0.2) is 47.8 Å². The van der Waals surface area contributed by atoms with Gasteiger partial charge in [0, 0.05) is 37.8 Å². The first-order valence-corrected chi connectivity index (χ1v) is 10.3. The second-order valence-corrected chi connectivity index (χ2v) is 8.14. The lowest BCUT2D eigenvalue weighted by Crippen LogP contribution is -2.52. The molecule has 1 unspecified atom stereocenters. The Labute approximate surface area is 173 Å². The first-order chi connectivity index (χ1) is 13.9. The zero-order valence-corrected chi connectivity index (χ0v) is 17.8. The number of hydrogen-bond acceptors (Lipinski definition) is 3. The van der Waals surface area contributed by atoms with Crippen molar-refractivity contribution in [1.82, 2.24) is 9.80 Å². The van der Waals surface area contributed by atoms with Gasteiger partial charge in [-0.3, -0.25) is 14.5 Å². The molecule has 3 rings (SSSR count). The van der Waals surface area contributed by atoms with Gasteiger partial charge in [-0.15, -0.1) is 0 Å². The lowest BCUT2D eigenvalue weighted by atomic mass is 10.0. The number of nitrogens with one attached hydrogen (secondary N) is 1. The molecule has 154 valence electrons. The van der Waals surface area contributed by atoms with E-state index in [1.807, 2.05) is 81.1 Å². The number of piperazine rings is 1. The van der Waals surface area contributed by atoms with Crippen LogP contribution in [0.5, 0.6) is 0 Å². The van der Waals surface area contributed by atoms with Crippen LogP contribution >= 0.6 is 0 Å². The summed E-state index contributed by atoms with van der Waals surface area (Å²) in [5, 5.41) is 3.14. The highest BCUT2D eigenvalue weighted by molar-refractivity contribution is 5.96. The molecule has 5 nitrogen and oxygen atoms in total. The Bertz CT molecular complexity index is 856. The standard InChI is InChI=1S/C24H31N3O2/c1-17(2)24(29)27-14-12-26(13-15-27)22(20-8-6-5-7-9-20)23(28)25-21-16-18(3)10-11-19(21)4/h5-11,16-17,22H,12-15H2,1-4H3,(H,25,28). The number of anilines is 1. The van der Waals surface area contributed by atoms with Crippen molar-refractivity contribution in [2.24, 2.45) is 5.92 Å². The van der Waals surface area contributed by atoms with Crippen molar-refractivity contribution < 1.29 is 9.59 Å². The van der Waals surface area contributed by atoms with Gasteiger partial charge in [-0.2, -0.15) is 0 Å². The minimum Gasteiger partial charge on any atom is -0.340 e. The molecule has 29 heavy (non-hydrogen) atoms. The summed E-state index contributed by atoms with van der Waals surface area (Å²) in [5.74, 6) is 0.147. The van der Waals surface area contributed by atoms with E-state index >= 15 is 0 Å². The molecule has 2 amide bonds. The number of nitrogens with zero attached hydrogens (tertiary/aromatic N) is 2. The van der Waals surface area contributed by atoms with Gasteiger partial charge in [0.25, 0.3) is 0 Å². The monoisotopic (exact) mass is 393 g/mol. The fourth-order valence-corrected chi connectivity index (χ4v) is 3.80. The maximum atomic E-state index is 13.4. The van der Waals surface area contributed by atoms with Gasteiger partial charge in [0.05, 0.1) is 0 Å². The summed E-state index contributed by atoms with van der Waals surface area (Å²) in [5.41, 5.74) is 3.98. The van der Waals surface area contributed by atoms with Gasteiger partial charge in [0.15, 0.2) is 0 Å². The Hall–Kier alpha value is -2.66. The Kier molecular flexibility index (Phi) is 6.70. The summed E-state index contributed by atoms with van der Waals surface area (Å²) in [7, 11) is 0. The molecular formula is C24H31N3O2. The van der Waals surface area contributed by atoms with Crippen molar-refractivity contribution in [3.63, 3.8) is 0 Å². The first kappa shape index (κ1) is 21.1. The third-order valence-electron chi connectivity index (χ3n) is 5.50. The van der Waals surface area contributed by atoms with E-state index in [0.29, 0.717) is 26.2 Å². The second kappa shape index (κ2) is 9.23. The quantitative estimate of drug-likeness (QED) is 0.841. The van der Waals surface area contributed by atoms with E-state index in [2.05, 4.69) is 10.2 Å². The molecule has 0 aromatic heterocycles. The second-order valence-electron chi connectivity index (χ2n) is 8.14. The van der Waals surface area contributed by atoms with Crippen LogP contribution in [0.15, 0.2) is 48.5 Å². The van der Waals surface area contributed by atoms with Gasteiger partial charge >= 0.3 is 0 Å². The molecule has 0 radical (unpaired) electrons. The minimum absolute atomic E-state index is 0.000866. The molecule has 2 aromatic rings. The Morgan fingerprint density at radius 3 is 2.21 bits per heavy atom. The van der Waals surface area contributed by atoms with Crippen LogP contribution in [0, 0.1) is 19.8 Å². The fraction of sp³-hybridized carbons (Fsp3) is 0.417. The summed E-state index contributed by atoms with van der Waals surface area (Å²) >= 11 is 0. The molecule has 0 spiro atoms. The highest BCUT2D eigenvalue weighted by atomic mass is 16.2. The third kappa shape index (κ3) is 5.04. The highest BCUT2D eigenvalue weighted by Crippen LogP contribution is 2.26. The molecule has 0 aliphatic carbocycles. The van der Waals surface area contributed by atoms with Crippen molar-refractivity contribution in [1.29, 1.82) is 0 Å². The molecule has 1 aliphatic heterocycles. The summed E-state index contributed by atoms with van der Waals surface area (Å²) in [6, 6.07) is 15.6. The highest BCUT2D eigenvalue weighted by Gasteiger charge is 2.32. The maximum absolute atomic E-state index is 13.4. The molecule has 1 aliphatic rings. The van der Waals surface area contributed by atoms with Gasteiger partial charge in [-0.05, 0) is 36.6 Å². The van der Waals surface area contributed by atoms with E-state index in [9.17, 15) is 9.59 Å². The van der Waals surface area contributed by atoms with Crippen molar-refractivity contribution >= 4 is 17.5 Å². The topological polar surface area (TPSA) is 52.7 Å². The Morgan fingerprint density at radius 2 is 1.59 bits per heavy atom. The molecule has 1 heterocycles. The number of carbonyl (C=O) groups excluding carboxylic acids is 2. The lowest BCUT2D eigenvalue weighted by molar-refractivity contribution is -0.137. The van der Waals surface area contributed by atoms with Crippen molar-refractivity contribution in [3.05, 3.63) is 65.2 Å². The van der Waals surface area contributed by atoms with Crippen LogP contribution in [0.2, 0.25) is 0 Å². The normalized spacial score (nSPS) is 16.0. The van der Waals surface area contributed by atoms with Gasteiger partial charge in [-0.25, -0.2) is 0 Å². The first-order valence-electron chi connectivity index (χ1n) is 10.3. The van der Waals surface area contributed by atoms with Crippen LogP contribution in [0.4, 0.5) is 5.69 Å². The van der Waals surface area contributed by atoms with Gasteiger partial charge in [0.1, 0.15) is 6.04 Å². The number of benzene rings is 2. The molecule has 0 saturated carbocycles. The van der Waals surface area contributed by atoms with E-state index in [-0.39, 0.29) is 23.8 Å². The zero-order valence-electron chi connectivity index (χ0n) is 17.8. The average Bonchev–Trinajstić information content (AvgIpc) is 2.71. The summed E-state index contributed by atoms with van der Waals surface area (Å²) in [6.45, 7) is 10.5. The number of aryl methyl sites for hydroxylation is 2. The zero-order chi connectivity index (χ0) is 21.0. The molecular weight excluding hydrogens is 362 g/mol. The maximum Gasteiger partial charge on any atom is 0.246 e. The van der Waals surface area contributed by atoms with Crippen LogP contribution in [0.25, 0.3) is 0 Å². The van der Waals surface area contributed by atoms with Crippen LogP contribution in [-0.2, 0) is 9.59 Å². The predicted molar refractivity (Wildman–Crippen MR) is 117 cm³/mol. The van der Waals surface area contributed by atoms with E-state index in [1.165, 1.54) is 0 Å². The van der Waals surface area contributed by atoms with E-state index in [1.54, 1.807) is 0 Å².